The maximum Gasteiger partial charge on any atom is 0.0545 e. The van der Waals surface area contributed by atoms with Gasteiger partial charge in [0, 0.05) is 45.2 Å². The number of allylic oxidation sites excluding steroid dienone is 13. The molecular weight excluding hydrogens is 551 g/mol. The maximum absolute atomic E-state index is 2.89. The number of nitrogens with zero attached hydrogens (tertiary/aromatic N) is 1. The van der Waals surface area contributed by atoms with Gasteiger partial charge in [0.05, 0.1) is 6.04 Å². The Morgan fingerprint density at radius 2 is 1.66 bits per heavy atom. The Hall–Kier alpha value is -3.62. The summed E-state index contributed by atoms with van der Waals surface area (Å²) in [5, 5.41) is 0. The van der Waals surface area contributed by atoms with E-state index in [9.17, 15) is 0 Å². The average molecular weight is 592 g/mol. The van der Waals surface area contributed by atoms with Crippen LogP contribution in [0.2, 0.25) is 0 Å². The summed E-state index contributed by atoms with van der Waals surface area (Å²) in [6, 6.07) is 12.2. The fourth-order valence-corrected chi connectivity index (χ4v) is 10.5. The molecule has 0 saturated carbocycles. The van der Waals surface area contributed by atoms with E-state index >= 15 is 0 Å². The predicted molar refractivity (Wildman–Crippen MR) is 186 cm³/mol. The van der Waals surface area contributed by atoms with Crippen LogP contribution in [0.25, 0.3) is 12.2 Å². The molecule has 1 aromatic heterocycles. The van der Waals surface area contributed by atoms with E-state index in [1.807, 2.05) is 0 Å². The van der Waals surface area contributed by atoms with E-state index in [0.717, 1.165) is 25.7 Å². The summed E-state index contributed by atoms with van der Waals surface area (Å²) in [6.45, 7) is 0. The number of fused-ring (bicyclic) bond motifs is 6. The van der Waals surface area contributed by atoms with E-state index in [0.29, 0.717) is 35.8 Å². The van der Waals surface area contributed by atoms with E-state index in [4.69, 9.17) is 0 Å². The van der Waals surface area contributed by atoms with Crippen molar-refractivity contribution in [2.45, 2.75) is 75.3 Å². The molecule has 0 bridgehead atoms. The fraction of sp³-hybridized carbons (Fsp3) is 0.333. The van der Waals surface area contributed by atoms with Gasteiger partial charge < -0.3 is 4.90 Å². The molecule has 1 aromatic carbocycles. The van der Waals surface area contributed by atoms with Gasteiger partial charge in [-0.05, 0) is 90.9 Å². The summed E-state index contributed by atoms with van der Waals surface area (Å²) >= 11 is 2.09. The molecule has 44 heavy (non-hydrogen) atoms. The quantitative estimate of drug-likeness (QED) is 0.320. The van der Waals surface area contributed by atoms with Crippen molar-refractivity contribution >= 4 is 23.5 Å². The zero-order valence-corrected chi connectivity index (χ0v) is 26.3. The van der Waals surface area contributed by atoms with Gasteiger partial charge in [-0.15, -0.1) is 11.3 Å². The number of benzene rings is 1. The van der Waals surface area contributed by atoms with Gasteiger partial charge in [0.15, 0.2) is 0 Å². The number of rotatable bonds is 4. The first-order chi connectivity index (χ1) is 21.8. The van der Waals surface area contributed by atoms with Crippen molar-refractivity contribution in [1.29, 1.82) is 0 Å². The van der Waals surface area contributed by atoms with E-state index in [2.05, 4.69) is 132 Å². The van der Waals surface area contributed by atoms with Crippen molar-refractivity contribution in [1.82, 2.24) is 4.90 Å². The summed E-state index contributed by atoms with van der Waals surface area (Å²) in [5.74, 6) is 2.00. The number of hydrogen-bond donors (Lipinski definition) is 0. The lowest BCUT2D eigenvalue weighted by Gasteiger charge is -2.39. The van der Waals surface area contributed by atoms with Crippen LogP contribution in [0.15, 0.2) is 126 Å². The van der Waals surface area contributed by atoms with Crippen LogP contribution in [0.1, 0.15) is 83.2 Å². The number of aryl methyl sites for hydroxylation is 1. The minimum absolute atomic E-state index is 0.407. The number of thiophene rings is 1. The highest BCUT2D eigenvalue weighted by atomic mass is 32.1. The average Bonchev–Trinajstić information content (AvgIpc) is 3.64. The summed E-state index contributed by atoms with van der Waals surface area (Å²) < 4.78 is 0. The highest BCUT2D eigenvalue weighted by Crippen LogP contribution is 2.52. The van der Waals surface area contributed by atoms with Gasteiger partial charge >= 0.3 is 0 Å². The molecular formula is C42H41NS. The third-order valence-corrected chi connectivity index (χ3v) is 12.5. The SMILES string of the molecule is C1=CC(C2=CC(c3ccccc3)CC(N3C4C=CC(C5CC=Cc6c5sc5c6C=CCC5)=CC4C4C=CCCC43)=C2)=CCC1. The molecule has 6 unspecified atom stereocenters. The van der Waals surface area contributed by atoms with Crippen LogP contribution in [0.5, 0.6) is 0 Å². The van der Waals surface area contributed by atoms with Gasteiger partial charge in [-0.25, -0.2) is 0 Å². The van der Waals surface area contributed by atoms with E-state index in [1.54, 1.807) is 15.3 Å². The van der Waals surface area contributed by atoms with Crippen molar-refractivity contribution < 1.29 is 0 Å². The first-order valence-electron chi connectivity index (χ1n) is 17.0. The summed E-state index contributed by atoms with van der Waals surface area (Å²) in [7, 11) is 0. The lowest BCUT2D eigenvalue weighted by Crippen LogP contribution is -2.38. The van der Waals surface area contributed by atoms with Crippen LogP contribution >= 0.6 is 11.3 Å². The molecule has 2 heteroatoms. The molecule has 0 radical (unpaired) electrons. The highest BCUT2D eigenvalue weighted by molar-refractivity contribution is 7.12. The first-order valence-corrected chi connectivity index (χ1v) is 17.8. The second kappa shape index (κ2) is 11.1. The predicted octanol–water partition coefficient (Wildman–Crippen LogP) is 10.6. The molecule has 0 N–H and O–H groups in total. The normalized spacial score (nSPS) is 31.4. The van der Waals surface area contributed by atoms with E-state index < -0.39 is 0 Å². The molecule has 2 aromatic rings. The van der Waals surface area contributed by atoms with Crippen molar-refractivity contribution in [3.63, 3.8) is 0 Å². The third-order valence-electron chi connectivity index (χ3n) is 11.1. The van der Waals surface area contributed by atoms with Gasteiger partial charge in [0.25, 0.3) is 0 Å². The molecule has 0 amide bonds. The largest absolute Gasteiger partial charge is 0.364 e. The second-order valence-electron chi connectivity index (χ2n) is 13.6. The van der Waals surface area contributed by atoms with Crippen LogP contribution in [-0.2, 0) is 6.42 Å². The zero-order valence-electron chi connectivity index (χ0n) is 25.4. The molecule has 1 nitrogen and oxygen atoms in total. The Kier molecular flexibility index (Phi) is 6.73. The first kappa shape index (κ1) is 26.8. The molecule has 9 rings (SSSR count). The minimum atomic E-state index is 0.407. The molecule has 6 aliphatic carbocycles. The Bertz CT molecular complexity index is 1750. The van der Waals surface area contributed by atoms with Crippen LogP contribution in [-0.4, -0.2) is 17.0 Å². The van der Waals surface area contributed by atoms with Crippen molar-refractivity contribution in [3.05, 3.63) is 152 Å². The van der Waals surface area contributed by atoms with Gasteiger partial charge in [-0.3, -0.25) is 0 Å². The van der Waals surface area contributed by atoms with Crippen molar-refractivity contribution in [2.75, 3.05) is 0 Å². The molecule has 0 spiro atoms. The molecule has 1 aliphatic heterocycles. The van der Waals surface area contributed by atoms with Crippen LogP contribution in [0, 0.1) is 11.8 Å². The minimum Gasteiger partial charge on any atom is -0.364 e. The Morgan fingerprint density at radius 1 is 0.750 bits per heavy atom. The van der Waals surface area contributed by atoms with Crippen LogP contribution < -0.4 is 0 Å². The van der Waals surface area contributed by atoms with Gasteiger partial charge in [0.1, 0.15) is 0 Å². The lowest BCUT2D eigenvalue weighted by molar-refractivity contribution is 0.239. The van der Waals surface area contributed by atoms with Gasteiger partial charge in [-0.2, -0.15) is 0 Å². The second-order valence-corrected chi connectivity index (χ2v) is 14.8. The monoisotopic (exact) mass is 591 g/mol. The van der Waals surface area contributed by atoms with Crippen LogP contribution in [0.4, 0.5) is 0 Å². The molecule has 6 atom stereocenters. The number of likely N-dealkylation sites (tertiary alicyclic amines) is 1. The van der Waals surface area contributed by atoms with Crippen molar-refractivity contribution in [3.8, 4) is 0 Å². The van der Waals surface area contributed by atoms with E-state index in [1.165, 1.54) is 59.2 Å². The maximum atomic E-state index is 2.89. The third kappa shape index (κ3) is 4.48. The lowest BCUT2D eigenvalue weighted by atomic mass is 9.76. The van der Waals surface area contributed by atoms with E-state index in [-0.39, 0.29) is 0 Å². The fourth-order valence-electron chi connectivity index (χ4n) is 9.09. The Morgan fingerprint density at radius 3 is 2.57 bits per heavy atom. The standard InChI is InChI=1S/C42H41NS/c1-3-12-28(13-4-1)31-24-32(29-14-5-2-6-15-29)26-33(25-31)43-39-20-9-7-16-35(39)38-27-30(22-23-40(38)43)34-18-11-19-37-36-17-8-10-21-41(36)44-42(34)37/h1,3-5,7-8,11-17,19,22-24,26-27,31,34-35,38-40H,2,6,9-10,18,20-21,25H2. The Labute approximate surface area is 266 Å². The summed E-state index contributed by atoms with van der Waals surface area (Å²) in [5.41, 5.74) is 10.3. The highest BCUT2D eigenvalue weighted by Gasteiger charge is 2.48. The number of hydrogen-bond acceptors (Lipinski definition) is 2. The molecule has 7 aliphatic rings. The Balaban J connectivity index is 1.08. The van der Waals surface area contributed by atoms with Gasteiger partial charge in [0.2, 0.25) is 0 Å². The molecule has 1 fully saturated rings. The van der Waals surface area contributed by atoms with Gasteiger partial charge in [-0.1, -0.05) is 109 Å². The van der Waals surface area contributed by atoms with Crippen LogP contribution in [0.3, 0.4) is 0 Å². The molecule has 220 valence electrons. The summed E-state index contributed by atoms with van der Waals surface area (Å²) in [4.78, 5) is 6.09. The smallest absolute Gasteiger partial charge is 0.0545 e. The van der Waals surface area contributed by atoms with Crippen molar-refractivity contribution in [2.24, 2.45) is 11.8 Å². The summed E-state index contributed by atoms with van der Waals surface area (Å²) in [6.07, 6.45) is 44.1. The topological polar surface area (TPSA) is 3.24 Å². The molecule has 2 heterocycles. The zero-order chi connectivity index (χ0) is 29.0. The molecule has 1 saturated heterocycles.